The molecule has 0 fully saturated rings. The molecule has 1 aromatic carbocycles. The first kappa shape index (κ1) is 16.2. The lowest BCUT2D eigenvalue weighted by atomic mass is 10.0. The fraction of sp³-hybridized carbons (Fsp3) is 0.385. The maximum atomic E-state index is 11.8. The maximum Gasteiger partial charge on any atom is 0.303 e. The van der Waals surface area contributed by atoms with Crippen LogP contribution in [0.1, 0.15) is 25.3 Å². The minimum atomic E-state index is -0.891. The Kier molecular flexibility index (Phi) is 6.00. The Morgan fingerprint density at radius 2 is 1.79 bits per heavy atom. The third-order valence-corrected chi connectivity index (χ3v) is 3.76. The number of carboxylic acid groups (broad SMARTS) is 1. The van der Waals surface area contributed by atoms with Crippen molar-refractivity contribution in [2.45, 2.75) is 26.7 Å². The van der Waals surface area contributed by atoms with Gasteiger partial charge in [0, 0.05) is 21.8 Å². The number of aliphatic carboxylic acids is 1. The Morgan fingerprint density at radius 3 is 2.26 bits per heavy atom. The van der Waals surface area contributed by atoms with Gasteiger partial charge >= 0.3 is 5.97 Å². The van der Waals surface area contributed by atoms with Crippen LogP contribution in [-0.2, 0) is 9.59 Å². The van der Waals surface area contributed by atoms with Crippen LogP contribution in [-0.4, -0.2) is 17.0 Å². The molecule has 0 saturated carbocycles. The van der Waals surface area contributed by atoms with Crippen LogP contribution in [0.5, 0.6) is 0 Å². The number of nitrogens with one attached hydrogen (secondary N) is 1. The largest absolute Gasteiger partial charge is 0.481 e. The molecule has 1 unspecified atom stereocenters. The number of carbonyl (C=O) groups is 2. The molecule has 0 radical (unpaired) electrons. The van der Waals surface area contributed by atoms with Crippen LogP contribution in [0, 0.1) is 12.8 Å². The van der Waals surface area contributed by atoms with Crippen LogP contribution >= 0.6 is 31.9 Å². The van der Waals surface area contributed by atoms with E-state index in [9.17, 15) is 9.59 Å². The topological polar surface area (TPSA) is 66.4 Å². The van der Waals surface area contributed by atoms with Crippen molar-refractivity contribution in [2.75, 3.05) is 5.32 Å². The van der Waals surface area contributed by atoms with E-state index in [0.29, 0.717) is 5.69 Å². The second-order valence-electron chi connectivity index (χ2n) is 4.56. The lowest BCUT2D eigenvalue weighted by Crippen LogP contribution is -2.17. The molecule has 0 aliphatic rings. The fourth-order valence-electron chi connectivity index (χ4n) is 1.70. The van der Waals surface area contributed by atoms with Crippen LogP contribution < -0.4 is 5.32 Å². The third kappa shape index (κ3) is 5.32. The van der Waals surface area contributed by atoms with E-state index in [4.69, 9.17) is 5.11 Å². The Hall–Kier alpha value is -0.880. The summed E-state index contributed by atoms with van der Waals surface area (Å²) in [6, 6.07) is 3.81. The molecule has 0 aliphatic carbocycles. The van der Waals surface area contributed by atoms with Crippen LogP contribution in [0.2, 0.25) is 0 Å². The second-order valence-corrected chi connectivity index (χ2v) is 6.27. The van der Waals surface area contributed by atoms with Crippen LogP contribution in [0.3, 0.4) is 0 Å². The van der Waals surface area contributed by atoms with Gasteiger partial charge in [0.15, 0.2) is 0 Å². The normalized spacial score (nSPS) is 12.0. The summed E-state index contributed by atoms with van der Waals surface area (Å²) in [6.45, 7) is 3.70. The number of hydrogen-bond donors (Lipinski definition) is 2. The summed E-state index contributed by atoms with van der Waals surface area (Å²) in [5, 5.41) is 11.4. The van der Waals surface area contributed by atoms with E-state index in [2.05, 4.69) is 37.2 Å². The summed E-state index contributed by atoms with van der Waals surface area (Å²) < 4.78 is 1.58. The predicted octanol–water partition coefficient (Wildman–Crippen LogP) is 3.96. The van der Waals surface area contributed by atoms with Crippen LogP contribution in [0.4, 0.5) is 5.69 Å². The van der Waals surface area contributed by atoms with Crippen LogP contribution in [0.25, 0.3) is 0 Å². The summed E-state index contributed by atoms with van der Waals surface area (Å²) in [4.78, 5) is 22.4. The van der Waals surface area contributed by atoms with Gasteiger partial charge in [-0.05, 0) is 62.4 Å². The van der Waals surface area contributed by atoms with E-state index >= 15 is 0 Å². The van der Waals surface area contributed by atoms with E-state index in [1.807, 2.05) is 19.1 Å². The van der Waals surface area contributed by atoms with Gasteiger partial charge in [-0.25, -0.2) is 0 Å². The molecule has 0 saturated heterocycles. The smallest absolute Gasteiger partial charge is 0.303 e. The highest BCUT2D eigenvalue weighted by Gasteiger charge is 2.15. The van der Waals surface area contributed by atoms with E-state index in [-0.39, 0.29) is 24.7 Å². The average molecular weight is 393 g/mol. The Balaban J connectivity index is 2.70. The summed E-state index contributed by atoms with van der Waals surface area (Å²) >= 11 is 6.79. The third-order valence-electron chi connectivity index (χ3n) is 2.51. The first-order valence-electron chi connectivity index (χ1n) is 5.77. The van der Waals surface area contributed by atoms with E-state index in [0.717, 1.165) is 14.5 Å². The van der Waals surface area contributed by atoms with Crippen LogP contribution in [0.15, 0.2) is 21.1 Å². The lowest BCUT2D eigenvalue weighted by molar-refractivity contribution is -0.138. The van der Waals surface area contributed by atoms with Gasteiger partial charge in [0.25, 0.3) is 0 Å². The number of aryl methyl sites for hydroxylation is 1. The molecule has 1 aromatic rings. The van der Waals surface area contributed by atoms with Crippen molar-refractivity contribution in [3.63, 3.8) is 0 Å². The summed E-state index contributed by atoms with van der Waals surface area (Å²) in [7, 11) is 0. The molecule has 104 valence electrons. The Labute approximate surface area is 128 Å². The zero-order valence-electron chi connectivity index (χ0n) is 10.7. The molecule has 6 heteroatoms. The molecule has 0 aliphatic heterocycles. The number of carbonyl (C=O) groups excluding carboxylic acids is 1. The average Bonchev–Trinajstić information content (AvgIpc) is 2.21. The van der Waals surface area contributed by atoms with Gasteiger partial charge in [0.2, 0.25) is 5.91 Å². The van der Waals surface area contributed by atoms with E-state index in [1.165, 1.54) is 0 Å². The minimum absolute atomic E-state index is 0.0103. The summed E-state index contributed by atoms with van der Waals surface area (Å²) in [5.74, 6) is -1.28. The second kappa shape index (κ2) is 7.05. The molecule has 1 amide bonds. The molecular weight excluding hydrogens is 378 g/mol. The van der Waals surface area contributed by atoms with Crippen molar-refractivity contribution in [1.29, 1.82) is 0 Å². The molecule has 19 heavy (non-hydrogen) atoms. The van der Waals surface area contributed by atoms with Crippen molar-refractivity contribution >= 4 is 49.4 Å². The zero-order valence-corrected chi connectivity index (χ0v) is 13.8. The lowest BCUT2D eigenvalue weighted by Gasteiger charge is -2.13. The molecule has 1 atom stereocenters. The molecule has 0 spiro atoms. The summed E-state index contributed by atoms with van der Waals surface area (Å²) in [6.07, 6.45) is 0.169. The summed E-state index contributed by atoms with van der Waals surface area (Å²) in [5.41, 5.74) is 1.73. The van der Waals surface area contributed by atoms with Gasteiger partial charge in [-0.2, -0.15) is 0 Å². The van der Waals surface area contributed by atoms with Gasteiger partial charge in [0.05, 0.1) is 5.69 Å². The van der Waals surface area contributed by atoms with Gasteiger partial charge in [-0.15, -0.1) is 0 Å². The van der Waals surface area contributed by atoms with Gasteiger partial charge < -0.3 is 10.4 Å². The number of benzene rings is 1. The zero-order chi connectivity index (χ0) is 14.6. The van der Waals surface area contributed by atoms with Crippen molar-refractivity contribution in [3.05, 3.63) is 26.6 Å². The number of amides is 1. The Morgan fingerprint density at radius 1 is 1.26 bits per heavy atom. The standard InChI is InChI=1S/C13H15Br2NO3/c1-7-3-9(14)13(10(15)4-7)16-11(17)5-8(2)6-12(18)19/h3-4,8H,5-6H2,1-2H3,(H,16,17)(H,18,19). The molecule has 0 aromatic heterocycles. The van der Waals surface area contributed by atoms with Gasteiger partial charge in [0.1, 0.15) is 0 Å². The highest BCUT2D eigenvalue weighted by atomic mass is 79.9. The van der Waals surface area contributed by atoms with Gasteiger partial charge in [-0.3, -0.25) is 9.59 Å². The number of anilines is 1. The number of rotatable bonds is 5. The van der Waals surface area contributed by atoms with E-state index < -0.39 is 5.97 Å². The van der Waals surface area contributed by atoms with Crippen molar-refractivity contribution in [2.24, 2.45) is 5.92 Å². The Bertz CT molecular complexity index is 480. The molecule has 0 heterocycles. The molecule has 4 nitrogen and oxygen atoms in total. The van der Waals surface area contributed by atoms with Crippen molar-refractivity contribution in [3.8, 4) is 0 Å². The molecular formula is C13H15Br2NO3. The highest BCUT2D eigenvalue weighted by Crippen LogP contribution is 2.32. The molecule has 2 N–H and O–H groups in total. The van der Waals surface area contributed by atoms with E-state index in [1.54, 1.807) is 6.92 Å². The number of hydrogen-bond acceptors (Lipinski definition) is 2. The van der Waals surface area contributed by atoms with Crippen molar-refractivity contribution in [1.82, 2.24) is 0 Å². The number of halogens is 2. The van der Waals surface area contributed by atoms with Gasteiger partial charge in [-0.1, -0.05) is 6.92 Å². The highest BCUT2D eigenvalue weighted by molar-refractivity contribution is 9.11. The quantitative estimate of drug-likeness (QED) is 0.796. The predicted molar refractivity (Wildman–Crippen MR) is 81.2 cm³/mol. The molecule has 0 bridgehead atoms. The SMILES string of the molecule is Cc1cc(Br)c(NC(=O)CC(C)CC(=O)O)c(Br)c1. The minimum Gasteiger partial charge on any atom is -0.481 e. The fourth-order valence-corrected chi connectivity index (χ4v) is 3.31. The first-order valence-corrected chi connectivity index (χ1v) is 7.35. The maximum absolute atomic E-state index is 11.8. The molecule has 1 rings (SSSR count). The first-order chi connectivity index (χ1) is 8.79. The number of carboxylic acids is 1. The van der Waals surface area contributed by atoms with Crippen molar-refractivity contribution < 1.29 is 14.7 Å². The monoisotopic (exact) mass is 391 g/mol.